The van der Waals surface area contributed by atoms with Crippen LogP contribution in [0.15, 0.2) is 23.1 Å². The van der Waals surface area contributed by atoms with Crippen molar-refractivity contribution < 1.29 is 13.2 Å². The Labute approximate surface area is 114 Å². The molecule has 106 valence electrons. The van der Waals surface area contributed by atoms with Crippen LogP contribution in [-0.4, -0.2) is 38.5 Å². The van der Waals surface area contributed by atoms with Crippen LogP contribution in [0.3, 0.4) is 0 Å². The average Bonchev–Trinajstić information content (AvgIpc) is 2.39. The monoisotopic (exact) mass is 284 g/mol. The first-order valence-corrected chi connectivity index (χ1v) is 7.80. The van der Waals surface area contributed by atoms with Gasteiger partial charge in [-0.2, -0.15) is 4.31 Å². The van der Waals surface area contributed by atoms with E-state index in [-0.39, 0.29) is 6.10 Å². The van der Waals surface area contributed by atoms with Crippen LogP contribution in [0.5, 0.6) is 0 Å². The topological polar surface area (TPSA) is 72.6 Å². The molecule has 1 saturated heterocycles. The summed E-state index contributed by atoms with van der Waals surface area (Å²) in [6.45, 7) is 5.38. The molecule has 1 aliphatic heterocycles. The highest BCUT2D eigenvalue weighted by atomic mass is 32.2. The molecule has 2 N–H and O–H groups in total. The van der Waals surface area contributed by atoms with E-state index < -0.39 is 10.0 Å². The molecule has 1 heterocycles. The minimum atomic E-state index is -3.45. The number of morpholine rings is 1. The molecular formula is C13H20N2O3S. The van der Waals surface area contributed by atoms with E-state index in [0.717, 1.165) is 11.1 Å². The quantitative estimate of drug-likeness (QED) is 0.893. The van der Waals surface area contributed by atoms with E-state index in [9.17, 15) is 8.42 Å². The maximum absolute atomic E-state index is 12.5. The summed E-state index contributed by atoms with van der Waals surface area (Å²) in [4.78, 5) is 0.313. The van der Waals surface area contributed by atoms with Gasteiger partial charge in [-0.3, -0.25) is 0 Å². The Hall–Kier alpha value is -0.950. The molecule has 1 unspecified atom stereocenters. The van der Waals surface area contributed by atoms with Gasteiger partial charge in [-0.15, -0.1) is 0 Å². The molecular weight excluding hydrogens is 264 g/mol. The number of rotatable bonds is 3. The van der Waals surface area contributed by atoms with E-state index in [4.69, 9.17) is 10.5 Å². The average molecular weight is 284 g/mol. The van der Waals surface area contributed by atoms with E-state index >= 15 is 0 Å². The van der Waals surface area contributed by atoms with Gasteiger partial charge in [0.15, 0.2) is 0 Å². The predicted molar refractivity (Wildman–Crippen MR) is 73.2 cm³/mol. The number of hydrogen-bond donors (Lipinski definition) is 1. The minimum absolute atomic E-state index is 0.0667. The van der Waals surface area contributed by atoms with Crippen LogP contribution in [-0.2, 0) is 21.3 Å². The predicted octanol–water partition coefficient (Wildman–Crippen LogP) is 0.863. The van der Waals surface area contributed by atoms with E-state index in [2.05, 4.69) is 0 Å². The first-order chi connectivity index (χ1) is 8.95. The van der Waals surface area contributed by atoms with Crippen molar-refractivity contribution >= 4 is 10.0 Å². The van der Waals surface area contributed by atoms with Gasteiger partial charge in [0, 0.05) is 19.6 Å². The van der Waals surface area contributed by atoms with Gasteiger partial charge in [-0.05, 0) is 37.1 Å². The van der Waals surface area contributed by atoms with Crippen LogP contribution in [0, 0.1) is 6.92 Å². The molecule has 0 bridgehead atoms. The lowest BCUT2D eigenvalue weighted by atomic mass is 10.1. The SMILES string of the molecule is Cc1ccc(S(=O)(=O)N2CCOC(C)C2)cc1CN. The summed E-state index contributed by atoms with van der Waals surface area (Å²) in [6, 6.07) is 5.12. The van der Waals surface area contributed by atoms with Crippen molar-refractivity contribution in [3.8, 4) is 0 Å². The smallest absolute Gasteiger partial charge is 0.243 e. The molecule has 6 heteroatoms. The second-order valence-corrected chi connectivity index (χ2v) is 6.77. The lowest BCUT2D eigenvalue weighted by Crippen LogP contribution is -2.44. The molecule has 1 aliphatic rings. The number of nitrogens with two attached hydrogens (primary N) is 1. The molecule has 1 fully saturated rings. The number of benzene rings is 1. The van der Waals surface area contributed by atoms with E-state index in [1.165, 1.54) is 4.31 Å². The van der Waals surface area contributed by atoms with Gasteiger partial charge in [0.2, 0.25) is 10.0 Å². The first-order valence-electron chi connectivity index (χ1n) is 6.36. The number of nitrogens with zero attached hydrogens (tertiary/aromatic N) is 1. The van der Waals surface area contributed by atoms with Crippen LogP contribution in [0.1, 0.15) is 18.1 Å². The molecule has 1 aromatic carbocycles. The summed E-state index contributed by atoms with van der Waals surface area (Å²) in [5.74, 6) is 0. The molecule has 5 nitrogen and oxygen atoms in total. The van der Waals surface area contributed by atoms with Crippen molar-refractivity contribution in [2.75, 3.05) is 19.7 Å². The van der Waals surface area contributed by atoms with Crippen molar-refractivity contribution in [2.45, 2.75) is 31.4 Å². The van der Waals surface area contributed by atoms with Crippen LogP contribution in [0.4, 0.5) is 0 Å². The summed E-state index contributed by atoms with van der Waals surface area (Å²) >= 11 is 0. The Morgan fingerprint density at radius 3 is 2.84 bits per heavy atom. The number of hydrogen-bond acceptors (Lipinski definition) is 4. The third-order valence-corrected chi connectivity index (χ3v) is 5.24. The summed E-state index contributed by atoms with van der Waals surface area (Å²) in [6.07, 6.45) is -0.0667. The maximum atomic E-state index is 12.5. The van der Waals surface area contributed by atoms with Crippen molar-refractivity contribution in [1.82, 2.24) is 4.31 Å². The van der Waals surface area contributed by atoms with E-state index in [0.29, 0.717) is 31.1 Å². The minimum Gasteiger partial charge on any atom is -0.376 e. The normalized spacial score (nSPS) is 21.5. The lowest BCUT2D eigenvalue weighted by molar-refractivity contribution is 0.0102. The molecule has 0 amide bonds. The van der Waals surface area contributed by atoms with Gasteiger partial charge in [0.25, 0.3) is 0 Å². The van der Waals surface area contributed by atoms with Crippen LogP contribution < -0.4 is 5.73 Å². The van der Waals surface area contributed by atoms with Gasteiger partial charge in [-0.1, -0.05) is 6.07 Å². The highest BCUT2D eigenvalue weighted by molar-refractivity contribution is 7.89. The maximum Gasteiger partial charge on any atom is 0.243 e. The Bertz CT molecular complexity index is 557. The first kappa shape index (κ1) is 14.5. The van der Waals surface area contributed by atoms with Crippen molar-refractivity contribution in [3.63, 3.8) is 0 Å². The summed E-state index contributed by atoms with van der Waals surface area (Å²) in [5, 5.41) is 0. The molecule has 0 spiro atoms. The van der Waals surface area contributed by atoms with Crippen LogP contribution >= 0.6 is 0 Å². The van der Waals surface area contributed by atoms with Crippen LogP contribution in [0.2, 0.25) is 0 Å². The second-order valence-electron chi connectivity index (χ2n) is 4.84. The van der Waals surface area contributed by atoms with Gasteiger partial charge in [0.05, 0.1) is 17.6 Å². The Morgan fingerprint density at radius 1 is 1.47 bits per heavy atom. The fraction of sp³-hybridized carbons (Fsp3) is 0.538. The fourth-order valence-electron chi connectivity index (χ4n) is 2.18. The zero-order valence-corrected chi connectivity index (χ0v) is 12.1. The van der Waals surface area contributed by atoms with E-state index in [1.807, 2.05) is 13.8 Å². The van der Waals surface area contributed by atoms with Gasteiger partial charge < -0.3 is 10.5 Å². The Balaban J connectivity index is 2.33. The fourth-order valence-corrected chi connectivity index (χ4v) is 3.73. The van der Waals surface area contributed by atoms with Gasteiger partial charge in [0.1, 0.15) is 0 Å². The molecule has 1 atom stereocenters. The third-order valence-electron chi connectivity index (χ3n) is 3.38. The third kappa shape index (κ3) is 2.97. The Kier molecular flexibility index (Phi) is 4.25. The van der Waals surface area contributed by atoms with Crippen LogP contribution in [0.25, 0.3) is 0 Å². The second kappa shape index (κ2) is 5.58. The Morgan fingerprint density at radius 2 is 2.21 bits per heavy atom. The highest BCUT2D eigenvalue weighted by Crippen LogP contribution is 2.21. The molecule has 2 rings (SSSR count). The molecule has 19 heavy (non-hydrogen) atoms. The lowest BCUT2D eigenvalue weighted by Gasteiger charge is -2.30. The highest BCUT2D eigenvalue weighted by Gasteiger charge is 2.29. The zero-order valence-electron chi connectivity index (χ0n) is 11.3. The number of aryl methyl sites for hydroxylation is 1. The number of ether oxygens (including phenoxy) is 1. The summed E-state index contributed by atoms with van der Waals surface area (Å²) in [7, 11) is -3.45. The largest absolute Gasteiger partial charge is 0.376 e. The van der Waals surface area contributed by atoms with E-state index in [1.54, 1.807) is 18.2 Å². The van der Waals surface area contributed by atoms with Gasteiger partial charge >= 0.3 is 0 Å². The molecule has 0 radical (unpaired) electrons. The molecule has 0 aromatic heterocycles. The van der Waals surface area contributed by atoms with Crippen molar-refractivity contribution in [3.05, 3.63) is 29.3 Å². The summed E-state index contributed by atoms with van der Waals surface area (Å²) in [5.41, 5.74) is 7.51. The van der Waals surface area contributed by atoms with Gasteiger partial charge in [-0.25, -0.2) is 8.42 Å². The molecule has 0 saturated carbocycles. The molecule has 0 aliphatic carbocycles. The van der Waals surface area contributed by atoms with Crippen molar-refractivity contribution in [1.29, 1.82) is 0 Å². The zero-order chi connectivity index (χ0) is 14.0. The summed E-state index contributed by atoms with van der Waals surface area (Å²) < 4.78 is 31.9. The molecule has 1 aromatic rings. The van der Waals surface area contributed by atoms with Crippen molar-refractivity contribution in [2.24, 2.45) is 5.73 Å². The number of sulfonamides is 1. The standard InChI is InChI=1S/C13H20N2O3S/c1-10-3-4-13(7-12(10)8-14)19(16,17)15-5-6-18-11(2)9-15/h3-4,7,11H,5-6,8-9,14H2,1-2H3.